The molecule has 2 aliphatic rings. The number of carbonyl (C=O) groups is 1. The van der Waals surface area contributed by atoms with Gasteiger partial charge in [0.25, 0.3) is 5.91 Å². The summed E-state index contributed by atoms with van der Waals surface area (Å²) >= 11 is 0. The summed E-state index contributed by atoms with van der Waals surface area (Å²) in [5.41, 5.74) is 3.21. The Morgan fingerprint density at radius 2 is 1.79 bits per heavy atom. The largest absolute Gasteiger partial charge is 0.363 e. The first-order valence-electron chi connectivity index (χ1n) is 7.74. The van der Waals surface area contributed by atoms with E-state index >= 15 is 0 Å². The van der Waals surface area contributed by atoms with Crippen molar-refractivity contribution in [3.63, 3.8) is 0 Å². The molecular weight excluding hydrogens is 305 g/mol. The summed E-state index contributed by atoms with van der Waals surface area (Å²) < 4.78 is 13.2. The molecule has 2 aromatic rings. The maximum absolute atomic E-state index is 13.2. The fraction of sp³-hybridized carbons (Fsp3) is 0.158. The Balaban J connectivity index is 1.78. The van der Waals surface area contributed by atoms with Crippen molar-refractivity contribution in [1.29, 1.82) is 0 Å². The number of anilines is 2. The van der Waals surface area contributed by atoms with Crippen LogP contribution in [0.2, 0.25) is 0 Å². The number of hydrogen-bond donors (Lipinski definition) is 1. The monoisotopic (exact) mass is 321 g/mol. The van der Waals surface area contributed by atoms with E-state index in [1.165, 1.54) is 17.1 Å². The van der Waals surface area contributed by atoms with E-state index in [9.17, 15) is 9.18 Å². The molecular formula is C19H16FN3O. The molecule has 1 spiro atoms. The number of hydrogen-bond acceptors (Lipinski definition) is 3. The van der Waals surface area contributed by atoms with Gasteiger partial charge in [-0.2, -0.15) is 10.1 Å². The van der Waals surface area contributed by atoms with Crippen LogP contribution in [0, 0.1) is 5.82 Å². The van der Waals surface area contributed by atoms with Gasteiger partial charge >= 0.3 is 0 Å². The van der Waals surface area contributed by atoms with Gasteiger partial charge in [0.2, 0.25) is 0 Å². The van der Waals surface area contributed by atoms with Crippen molar-refractivity contribution in [2.45, 2.75) is 19.4 Å². The van der Waals surface area contributed by atoms with Gasteiger partial charge in [0, 0.05) is 11.3 Å². The number of carbonyl (C=O) groups excluding carboxylic acids is 1. The van der Waals surface area contributed by atoms with Crippen molar-refractivity contribution in [3.05, 3.63) is 66.0 Å². The van der Waals surface area contributed by atoms with Crippen LogP contribution in [0.25, 0.3) is 5.57 Å². The Hall–Kier alpha value is -2.95. The van der Waals surface area contributed by atoms with Crippen molar-refractivity contribution in [3.8, 4) is 0 Å². The van der Waals surface area contributed by atoms with Gasteiger partial charge in [-0.15, -0.1) is 0 Å². The van der Waals surface area contributed by atoms with Gasteiger partial charge in [0.15, 0.2) is 5.54 Å². The molecule has 0 saturated carbocycles. The fourth-order valence-electron chi connectivity index (χ4n) is 3.25. The molecule has 0 aliphatic carbocycles. The number of para-hydroxylation sites is 1. The number of allylic oxidation sites excluding steroid dienone is 1. The number of amides is 1. The zero-order valence-corrected chi connectivity index (χ0v) is 13.4. The second-order valence-electron chi connectivity index (χ2n) is 6.08. The molecule has 0 fully saturated rings. The van der Waals surface area contributed by atoms with Crippen molar-refractivity contribution in [2.75, 3.05) is 10.3 Å². The van der Waals surface area contributed by atoms with Crippen LogP contribution in [-0.4, -0.2) is 17.2 Å². The number of rotatable bonds is 1. The highest BCUT2D eigenvalue weighted by atomic mass is 19.1. The number of nitrogens with one attached hydrogen (secondary N) is 1. The van der Waals surface area contributed by atoms with Crippen molar-refractivity contribution < 1.29 is 9.18 Å². The number of benzene rings is 2. The first-order chi connectivity index (χ1) is 11.5. The molecule has 0 bridgehead atoms. The number of hydrazone groups is 1. The zero-order chi connectivity index (χ0) is 16.9. The maximum Gasteiger partial charge on any atom is 0.283 e. The van der Waals surface area contributed by atoms with Crippen LogP contribution in [0.1, 0.15) is 19.4 Å². The summed E-state index contributed by atoms with van der Waals surface area (Å²) in [5.74, 6) is -0.540. The Kier molecular flexibility index (Phi) is 3.06. The third kappa shape index (κ3) is 1.98. The summed E-state index contributed by atoms with van der Waals surface area (Å²) in [6.07, 6.45) is 1.92. The van der Waals surface area contributed by atoms with Crippen LogP contribution in [0.15, 0.2) is 59.7 Å². The summed E-state index contributed by atoms with van der Waals surface area (Å²) in [5, 5.41) is 9.10. The predicted molar refractivity (Wildman–Crippen MR) is 93.4 cm³/mol. The Labute approximate surface area is 139 Å². The van der Waals surface area contributed by atoms with Crippen molar-refractivity contribution >= 4 is 28.6 Å². The Morgan fingerprint density at radius 1 is 1.08 bits per heavy atom. The normalized spacial score (nSPS) is 22.1. The average Bonchev–Trinajstić information content (AvgIpc) is 2.81. The third-order valence-corrected chi connectivity index (χ3v) is 4.54. The molecule has 120 valence electrons. The van der Waals surface area contributed by atoms with Crippen LogP contribution >= 0.6 is 0 Å². The Bertz CT molecular complexity index is 901. The molecule has 1 unspecified atom stereocenters. The van der Waals surface area contributed by atoms with Crippen LogP contribution in [0.4, 0.5) is 15.8 Å². The number of fused-ring (bicyclic) bond motifs is 1. The van der Waals surface area contributed by atoms with Crippen LogP contribution in [-0.2, 0) is 4.79 Å². The molecule has 5 heteroatoms. The van der Waals surface area contributed by atoms with Gasteiger partial charge in [-0.1, -0.05) is 18.2 Å². The van der Waals surface area contributed by atoms with E-state index < -0.39 is 5.54 Å². The lowest BCUT2D eigenvalue weighted by molar-refractivity contribution is -0.119. The van der Waals surface area contributed by atoms with Crippen LogP contribution < -0.4 is 10.3 Å². The summed E-state index contributed by atoms with van der Waals surface area (Å²) in [4.78, 5) is 13.1. The molecule has 0 saturated heterocycles. The second-order valence-corrected chi connectivity index (χ2v) is 6.08. The van der Waals surface area contributed by atoms with Gasteiger partial charge in [0.05, 0.1) is 11.4 Å². The van der Waals surface area contributed by atoms with Crippen LogP contribution in [0.5, 0.6) is 0 Å². The van der Waals surface area contributed by atoms with E-state index in [1.807, 2.05) is 44.2 Å². The van der Waals surface area contributed by atoms with Gasteiger partial charge in [-0.3, -0.25) is 4.79 Å². The minimum atomic E-state index is -0.993. The molecule has 1 atom stereocenters. The number of halogens is 1. The zero-order valence-electron chi connectivity index (χ0n) is 13.4. The lowest BCUT2D eigenvalue weighted by atomic mass is 9.85. The SMILES string of the molecule is CC1=CC2(Nc3ccccc31)C(=O)N(c1ccc(F)cc1)N=C2C. The molecule has 2 aromatic carbocycles. The first kappa shape index (κ1) is 14.6. The van der Waals surface area contributed by atoms with E-state index in [0.29, 0.717) is 11.4 Å². The van der Waals surface area contributed by atoms with Crippen molar-refractivity contribution in [1.82, 2.24) is 0 Å². The quantitative estimate of drug-likeness (QED) is 0.868. The summed E-state index contributed by atoms with van der Waals surface area (Å²) in [6, 6.07) is 13.6. The molecule has 0 aromatic heterocycles. The van der Waals surface area contributed by atoms with Gasteiger partial charge in [0.1, 0.15) is 5.82 Å². The number of nitrogens with zero attached hydrogens (tertiary/aromatic N) is 2. The molecule has 4 rings (SSSR count). The Morgan fingerprint density at radius 3 is 2.54 bits per heavy atom. The van der Waals surface area contributed by atoms with E-state index in [1.54, 1.807) is 12.1 Å². The molecule has 1 amide bonds. The topological polar surface area (TPSA) is 44.7 Å². The minimum absolute atomic E-state index is 0.194. The van der Waals surface area contributed by atoms with Gasteiger partial charge in [-0.05, 0) is 55.8 Å². The summed E-state index contributed by atoms with van der Waals surface area (Å²) in [7, 11) is 0. The second kappa shape index (κ2) is 5.03. The highest BCUT2D eigenvalue weighted by molar-refractivity contribution is 6.27. The van der Waals surface area contributed by atoms with Gasteiger partial charge in [-0.25, -0.2) is 4.39 Å². The smallest absolute Gasteiger partial charge is 0.283 e. The average molecular weight is 321 g/mol. The van der Waals surface area contributed by atoms with E-state index in [2.05, 4.69) is 10.4 Å². The lowest BCUT2D eigenvalue weighted by Gasteiger charge is -2.33. The van der Waals surface area contributed by atoms with Gasteiger partial charge < -0.3 is 5.32 Å². The molecule has 4 nitrogen and oxygen atoms in total. The molecule has 2 aliphatic heterocycles. The maximum atomic E-state index is 13.2. The molecule has 0 radical (unpaired) electrons. The minimum Gasteiger partial charge on any atom is -0.363 e. The van der Waals surface area contributed by atoms with Crippen LogP contribution in [0.3, 0.4) is 0 Å². The third-order valence-electron chi connectivity index (χ3n) is 4.54. The van der Waals surface area contributed by atoms with E-state index in [4.69, 9.17) is 0 Å². The molecule has 24 heavy (non-hydrogen) atoms. The van der Waals surface area contributed by atoms with E-state index in [-0.39, 0.29) is 11.7 Å². The fourth-order valence-corrected chi connectivity index (χ4v) is 3.25. The molecule has 1 N–H and O–H groups in total. The first-order valence-corrected chi connectivity index (χ1v) is 7.74. The predicted octanol–water partition coefficient (Wildman–Crippen LogP) is 3.82. The summed E-state index contributed by atoms with van der Waals surface area (Å²) in [6.45, 7) is 3.81. The highest BCUT2D eigenvalue weighted by Gasteiger charge is 2.50. The molecule has 2 heterocycles. The lowest BCUT2D eigenvalue weighted by Crippen LogP contribution is -2.52. The standard InChI is InChI=1S/C19H16FN3O/c1-12-11-19(21-17-6-4-3-5-16(12)17)13(2)22-23(18(19)24)15-9-7-14(20)8-10-15/h3-11,21H,1-2H3. The van der Waals surface area contributed by atoms with E-state index in [0.717, 1.165) is 16.8 Å². The van der Waals surface area contributed by atoms with Crippen molar-refractivity contribution in [2.24, 2.45) is 5.10 Å². The highest BCUT2D eigenvalue weighted by Crippen LogP contribution is 2.38.